The lowest BCUT2D eigenvalue weighted by atomic mass is 10.2. The lowest BCUT2D eigenvalue weighted by Gasteiger charge is -2.14. The molecule has 96 valence electrons. The molecule has 0 aliphatic rings. The van der Waals surface area contributed by atoms with Crippen LogP contribution in [0.15, 0.2) is 36.4 Å². The van der Waals surface area contributed by atoms with E-state index in [0.717, 1.165) is 10.6 Å². The van der Waals surface area contributed by atoms with Gasteiger partial charge in [-0.25, -0.2) is 0 Å². The number of aryl methyl sites for hydroxylation is 1. The van der Waals surface area contributed by atoms with Crippen LogP contribution in [0.1, 0.15) is 21.4 Å². The van der Waals surface area contributed by atoms with E-state index in [9.17, 15) is 0 Å². The Morgan fingerprint density at radius 2 is 1.94 bits per heavy atom. The fourth-order valence-electron chi connectivity index (χ4n) is 1.67. The molecule has 1 unspecified atom stereocenters. The average Bonchev–Trinajstić information content (AvgIpc) is 2.79. The molecule has 2 N–H and O–H groups in total. The Balaban J connectivity index is 1.97. The predicted octanol–water partition coefficient (Wildman–Crippen LogP) is 3.93. The predicted molar refractivity (Wildman–Crippen MR) is 77.1 cm³/mol. The lowest BCUT2D eigenvalue weighted by molar-refractivity contribution is 0.0480. The van der Waals surface area contributed by atoms with Crippen molar-refractivity contribution in [2.75, 3.05) is 6.54 Å². The zero-order valence-corrected chi connectivity index (χ0v) is 11.8. The monoisotopic (exact) mass is 281 g/mol. The van der Waals surface area contributed by atoms with Gasteiger partial charge in [-0.3, -0.25) is 0 Å². The number of ether oxygens (including phenoxy) is 1. The first-order valence-electron chi connectivity index (χ1n) is 5.81. The molecule has 1 atom stereocenters. The van der Waals surface area contributed by atoms with Gasteiger partial charge in [-0.05, 0) is 36.8 Å². The summed E-state index contributed by atoms with van der Waals surface area (Å²) in [4.78, 5) is 2.46. The van der Waals surface area contributed by atoms with Crippen LogP contribution in [0.25, 0.3) is 0 Å². The first-order valence-corrected chi connectivity index (χ1v) is 7.01. The van der Waals surface area contributed by atoms with Crippen molar-refractivity contribution in [1.82, 2.24) is 0 Å². The maximum Gasteiger partial charge on any atom is 0.104 e. The highest BCUT2D eigenvalue weighted by Gasteiger charge is 2.12. The van der Waals surface area contributed by atoms with Crippen LogP contribution in [0, 0.1) is 6.92 Å². The molecule has 0 aliphatic carbocycles. The topological polar surface area (TPSA) is 35.2 Å². The first-order chi connectivity index (χ1) is 8.69. The molecule has 2 rings (SSSR count). The van der Waals surface area contributed by atoms with Crippen LogP contribution in [-0.4, -0.2) is 6.54 Å². The van der Waals surface area contributed by atoms with E-state index >= 15 is 0 Å². The smallest absolute Gasteiger partial charge is 0.104 e. The zero-order valence-electron chi connectivity index (χ0n) is 10.2. The van der Waals surface area contributed by atoms with Gasteiger partial charge in [0, 0.05) is 21.3 Å². The fraction of sp³-hybridized carbons (Fsp3) is 0.286. The van der Waals surface area contributed by atoms with Crippen molar-refractivity contribution in [3.8, 4) is 0 Å². The summed E-state index contributed by atoms with van der Waals surface area (Å²) in [6.07, 6.45) is -0.0284. The summed E-state index contributed by atoms with van der Waals surface area (Å²) < 4.78 is 5.86. The van der Waals surface area contributed by atoms with E-state index in [1.54, 1.807) is 11.3 Å². The number of nitrogens with two attached hydrogens (primary N) is 1. The molecule has 1 heterocycles. The number of hydrogen-bond acceptors (Lipinski definition) is 3. The van der Waals surface area contributed by atoms with Crippen LogP contribution in [-0.2, 0) is 11.3 Å². The second-order valence-electron chi connectivity index (χ2n) is 4.11. The van der Waals surface area contributed by atoms with E-state index in [1.165, 1.54) is 9.75 Å². The van der Waals surface area contributed by atoms with Gasteiger partial charge >= 0.3 is 0 Å². The molecule has 1 aromatic heterocycles. The molecule has 0 amide bonds. The SMILES string of the molecule is Cc1ccc(C(CN)OCc2ccc(Cl)cc2)s1. The van der Waals surface area contributed by atoms with Crippen LogP contribution < -0.4 is 5.73 Å². The summed E-state index contributed by atoms with van der Waals surface area (Å²) in [5, 5.41) is 0.739. The summed E-state index contributed by atoms with van der Waals surface area (Å²) >= 11 is 7.57. The normalized spacial score (nSPS) is 12.6. The maximum atomic E-state index is 5.86. The van der Waals surface area contributed by atoms with Gasteiger partial charge in [-0.1, -0.05) is 23.7 Å². The van der Waals surface area contributed by atoms with Crippen LogP contribution >= 0.6 is 22.9 Å². The van der Waals surface area contributed by atoms with E-state index in [1.807, 2.05) is 24.3 Å². The third-order valence-corrected chi connectivity index (χ3v) is 4.00. The molecule has 0 saturated heterocycles. The Morgan fingerprint density at radius 3 is 2.50 bits per heavy atom. The summed E-state index contributed by atoms with van der Waals surface area (Å²) in [6, 6.07) is 11.8. The summed E-state index contributed by atoms with van der Waals surface area (Å²) in [5.41, 5.74) is 6.87. The standard InChI is InChI=1S/C14H16ClNOS/c1-10-2-7-14(18-10)13(8-16)17-9-11-3-5-12(15)6-4-11/h2-7,13H,8-9,16H2,1H3. The largest absolute Gasteiger partial charge is 0.367 e. The summed E-state index contributed by atoms with van der Waals surface area (Å²) in [7, 11) is 0. The van der Waals surface area contributed by atoms with E-state index in [2.05, 4.69) is 19.1 Å². The van der Waals surface area contributed by atoms with Crippen molar-refractivity contribution < 1.29 is 4.74 Å². The Kier molecular flexibility index (Phi) is 4.78. The summed E-state index contributed by atoms with van der Waals surface area (Å²) in [5.74, 6) is 0. The second kappa shape index (κ2) is 6.34. The van der Waals surface area contributed by atoms with Gasteiger partial charge < -0.3 is 10.5 Å². The third kappa shape index (κ3) is 3.56. The minimum absolute atomic E-state index is 0.0284. The molecule has 0 saturated carbocycles. The molecule has 18 heavy (non-hydrogen) atoms. The molecule has 2 nitrogen and oxygen atoms in total. The number of benzene rings is 1. The maximum absolute atomic E-state index is 5.86. The van der Waals surface area contributed by atoms with E-state index in [-0.39, 0.29) is 6.10 Å². The fourth-order valence-corrected chi connectivity index (χ4v) is 2.74. The zero-order chi connectivity index (χ0) is 13.0. The van der Waals surface area contributed by atoms with Crippen molar-refractivity contribution in [3.05, 3.63) is 56.7 Å². The molecule has 0 spiro atoms. The van der Waals surface area contributed by atoms with Gasteiger partial charge in [-0.15, -0.1) is 11.3 Å². The minimum atomic E-state index is -0.0284. The molecular weight excluding hydrogens is 266 g/mol. The summed E-state index contributed by atoms with van der Waals surface area (Å²) in [6.45, 7) is 3.13. The van der Waals surface area contributed by atoms with Gasteiger partial charge in [0.1, 0.15) is 6.10 Å². The number of hydrogen-bond donors (Lipinski definition) is 1. The third-order valence-electron chi connectivity index (χ3n) is 2.66. The molecule has 0 bridgehead atoms. The molecule has 4 heteroatoms. The quantitative estimate of drug-likeness (QED) is 0.901. The van der Waals surface area contributed by atoms with Gasteiger partial charge in [0.05, 0.1) is 6.61 Å². The van der Waals surface area contributed by atoms with Gasteiger partial charge in [0.25, 0.3) is 0 Å². The first kappa shape index (κ1) is 13.6. The van der Waals surface area contributed by atoms with Crippen LogP contribution in [0.4, 0.5) is 0 Å². The van der Waals surface area contributed by atoms with Crippen molar-refractivity contribution in [2.24, 2.45) is 5.73 Å². The molecular formula is C14H16ClNOS. The van der Waals surface area contributed by atoms with Crippen LogP contribution in [0.2, 0.25) is 5.02 Å². The Morgan fingerprint density at radius 1 is 1.22 bits per heavy atom. The Hall–Kier alpha value is -0.870. The van der Waals surface area contributed by atoms with Crippen molar-refractivity contribution in [1.29, 1.82) is 0 Å². The van der Waals surface area contributed by atoms with Gasteiger partial charge in [-0.2, -0.15) is 0 Å². The highest BCUT2D eigenvalue weighted by molar-refractivity contribution is 7.12. The molecule has 0 radical (unpaired) electrons. The van der Waals surface area contributed by atoms with Gasteiger partial charge in [0.2, 0.25) is 0 Å². The minimum Gasteiger partial charge on any atom is -0.367 e. The number of rotatable bonds is 5. The Labute approximate surface area is 116 Å². The van der Waals surface area contributed by atoms with Crippen molar-refractivity contribution >= 4 is 22.9 Å². The highest BCUT2D eigenvalue weighted by Crippen LogP contribution is 2.25. The van der Waals surface area contributed by atoms with Crippen molar-refractivity contribution in [3.63, 3.8) is 0 Å². The van der Waals surface area contributed by atoms with Crippen LogP contribution in [0.5, 0.6) is 0 Å². The van der Waals surface area contributed by atoms with E-state index in [0.29, 0.717) is 13.2 Å². The lowest BCUT2D eigenvalue weighted by Crippen LogP contribution is -2.14. The second-order valence-corrected chi connectivity index (χ2v) is 5.87. The van der Waals surface area contributed by atoms with E-state index < -0.39 is 0 Å². The average molecular weight is 282 g/mol. The Bertz CT molecular complexity index is 495. The molecule has 0 fully saturated rings. The number of halogens is 1. The van der Waals surface area contributed by atoms with Crippen molar-refractivity contribution in [2.45, 2.75) is 19.6 Å². The van der Waals surface area contributed by atoms with Crippen LogP contribution in [0.3, 0.4) is 0 Å². The molecule has 2 aromatic rings. The highest BCUT2D eigenvalue weighted by atomic mass is 35.5. The molecule has 0 aliphatic heterocycles. The van der Waals surface area contributed by atoms with E-state index in [4.69, 9.17) is 22.1 Å². The molecule has 1 aromatic carbocycles. The van der Waals surface area contributed by atoms with Gasteiger partial charge in [0.15, 0.2) is 0 Å². The number of thiophene rings is 1.